The van der Waals surface area contributed by atoms with E-state index in [-0.39, 0.29) is 5.41 Å². The fourth-order valence-electron chi connectivity index (χ4n) is 2.16. The average molecular weight is 334 g/mol. The molecular formula is C15H19Cl3N2. The molecule has 0 saturated carbocycles. The van der Waals surface area contributed by atoms with Gasteiger partial charge in [0.2, 0.25) is 0 Å². The predicted octanol–water partition coefficient (Wildman–Crippen LogP) is 5.56. The number of alkyl halides is 1. The smallest absolute Gasteiger partial charge is 0.111 e. The maximum Gasteiger partial charge on any atom is 0.111 e. The number of aryl methyl sites for hydroxylation is 1. The van der Waals surface area contributed by atoms with E-state index in [2.05, 4.69) is 30.3 Å². The minimum Gasteiger partial charge on any atom is -0.327 e. The Bertz CT molecular complexity index is 617. The van der Waals surface area contributed by atoms with E-state index in [4.69, 9.17) is 34.8 Å². The van der Waals surface area contributed by atoms with Gasteiger partial charge in [0.05, 0.1) is 21.1 Å². The average Bonchev–Trinajstić information content (AvgIpc) is 2.68. The molecule has 110 valence electrons. The standard InChI is InChI=1S/C15H19Cl3N2/c1-4-15(2,3)9-20-13-8-11(18)10(17)7-12(13)19-14(20)5-6-16/h7-8H,4-6,9H2,1-3H3. The summed E-state index contributed by atoms with van der Waals surface area (Å²) in [6.45, 7) is 7.59. The lowest BCUT2D eigenvalue weighted by atomic mass is 9.90. The number of hydrogen-bond donors (Lipinski definition) is 0. The number of rotatable bonds is 5. The van der Waals surface area contributed by atoms with E-state index in [1.807, 2.05) is 12.1 Å². The molecule has 5 heteroatoms. The van der Waals surface area contributed by atoms with Crippen molar-refractivity contribution >= 4 is 45.8 Å². The molecule has 0 bridgehead atoms. The van der Waals surface area contributed by atoms with Crippen molar-refractivity contribution in [3.63, 3.8) is 0 Å². The molecule has 0 aliphatic carbocycles. The Hall–Kier alpha value is -0.440. The number of halogens is 3. The van der Waals surface area contributed by atoms with Crippen LogP contribution in [0.4, 0.5) is 0 Å². The molecule has 0 aliphatic rings. The molecule has 2 nitrogen and oxygen atoms in total. The van der Waals surface area contributed by atoms with Crippen LogP contribution in [-0.2, 0) is 13.0 Å². The highest BCUT2D eigenvalue weighted by Crippen LogP contribution is 2.31. The van der Waals surface area contributed by atoms with Crippen LogP contribution >= 0.6 is 34.8 Å². The van der Waals surface area contributed by atoms with Crippen molar-refractivity contribution in [2.75, 3.05) is 5.88 Å². The van der Waals surface area contributed by atoms with Crippen molar-refractivity contribution in [3.8, 4) is 0 Å². The minimum atomic E-state index is 0.195. The third-order valence-electron chi connectivity index (χ3n) is 3.73. The van der Waals surface area contributed by atoms with E-state index in [1.54, 1.807) is 0 Å². The molecule has 0 aliphatic heterocycles. The molecule has 1 aromatic carbocycles. The second kappa shape index (κ2) is 6.13. The summed E-state index contributed by atoms with van der Waals surface area (Å²) >= 11 is 18.1. The Morgan fingerprint density at radius 2 is 1.85 bits per heavy atom. The van der Waals surface area contributed by atoms with Gasteiger partial charge in [0.25, 0.3) is 0 Å². The first-order chi connectivity index (χ1) is 9.38. The van der Waals surface area contributed by atoms with Crippen molar-refractivity contribution in [2.45, 2.75) is 40.2 Å². The highest BCUT2D eigenvalue weighted by atomic mass is 35.5. The minimum absolute atomic E-state index is 0.195. The first kappa shape index (κ1) is 15.9. The molecule has 0 spiro atoms. The lowest BCUT2D eigenvalue weighted by Crippen LogP contribution is -2.20. The van der Waals surface area contributed by atoms with Crippen LogP contribution in [0.5, 0.6) is 0 Å². The van der Waals surface area contributed by atoms with Crippen molar-refractivity contribution in [3.05, 3.63) is 28.0 Å². The molecule has 2 aromatic rings. The van der Waals surface area contributed by atoms with Gasteiger partial charge in [-0.3, -0.25) is 0 Å². The number of benzene rings is 1. The molecule has 2 rings (SSSR count). The summed E-state index contributed by atoms with van der Waals surface area (Å²) in [4.78, 5) is 4.66. The number of fused-ring (bicyclic) bond motifs is 1. The number of aromatic nitrogens is 2. The van der Waals surface area contributed by atoms with E-state index in [9.17, 15) is 0 Å². The Morgan fingerprint density at radius 3 is 2.45 bits per heavy atom. The third-order valence-corrected chi connectivity index (χ3v) is 4.64. The van der Waals surface area contributed by atoms with E-state index >= 15 is 0 Å². The zero-order chi connectivity index (χ0) is 14.9. The third kappa shape index (κ3) is 3.24. The Labute approximate surface area is 135 Å². The van der Waals surface area contributed by atoms with Gasteiger partial charge >= 0.3 is 0 Å². The van der Waals surface area contributed by atoms with Crippen molar-refractivity contribution < 1.29 is 0 Å². The van der Waals surface area contributed by atoms with Gasteiger partial charge in [-0.2, -0.15) is 0 Å². The van der Waals surface area contributed by atoms with Gasteiger partial charge in [-0.15, -0.1) is 11.6 Å². The SMILES string of the molecule is CCC(C)(C)Cn1c(CCCl)nc2cc(Cl)c(Cl)cc21. The fraction of sp³-hybridized carbons (Fsp3) is 0.533. The number of hydrogen-bond acceptors (Lipinski definition) is 1. The molecule has 0 amide bonds. The predicted molar refractivity (Wildman–Crippen MR) is 88.2 cm³/mol. The fourth-order valence-corrected chi connectivity index (χ4v) is 2.65. The monoisotopic (exact) mass is 332 g/mol. The van der Waals surface area contributed by atoms with Gasteiger partial charge in [0, 0.05) is 18.8 Å². The van der Waals surface area contributed by atoms with Crippen LogP contribution in [0.1, 0.15) is 33.0 Å². The molecule has 20 heavy (non-hydrogen) atoms. The first-order valence-corrected chi connectivity index (χ1v) is 8.07. The summed E-state index contributed by atoms with van der Waals surface area (Å²) < 4.78 is 2.23. The molecule has 0 atom stereocenters. The number of nitrogens with zero attached hydrogens (tertiary/aromatic N) is 2. The molecular weight excluding hydrogens is 315 g/mol. The van der Waals surface area contributed by atoms with Gasteiger partial charge in [-0.25, -0.2) is 4.98 Å². The highest BCUT2D eigenvalue weighted by molar-refractivity contribution is 6.42. The zero-order valence-corrected chi connectivity index (χ0v) is 14.3. The molecule has 1 aromatic heterocycles. The van der Waals surface area contributed by atoms with E-state index in [1.165, 1.54) is 0 Å². The second-order valence-electron chi connectivity index (χ2n) is 5.83. The quantitative estimate of drug-likeness (QED) is 0.655. The van der Waals surface area contributed by atoms with Crippen LogP contribution < -0.4 is 0 Å². The largest absolute Gasteiger partial charge is 0.327 e. The van der Waals surface area contributed by atoms with Crippen molar-refractivity contribution in [2.24, 2.45) is 5.41 Å². The van der Waals surface area contributed by atoms with Crippen LogP contribution in [0.15, 0.2) is 12.1 Å². The summed E-state index contributed by atoms with van der Waals surface area (Å²) in [5.74, 6) is 1.55. The van der Waals surface area contributed by atoms with Gasteiger partial charge in [0.1, 0.15) is 5.82 Å². The topological polar surface area (TPSA) is 17.8 Å². The molecule has 0 saturated heterocycles. The van der Waals surface area contributed by atoms with Gasteiger partial charge in [0.15, 0.2) is 0 Å². The molecule has 0 N–H and O–H groups in total. The van der Waals surface area contributed by atoms with Crippen molar-refractivity contribution in [1.29, 1.82) is 0 Å². The maximum atomic E-state index is 6.15. The van der Waals surface area contributed by atoms with Crippen LogP contribution in [0.25, 0.3) is 11.0 Å². The lowest BCUT2D eigenvalue weighted by Gasteiger charge is -2.24. The summed E-state index contributed by atoms with van der Waals surface area (Å²) in [5, 5.41) is 1.10. The van der Waals surface area contributed by atoms with Crippen LogP contribution in [-0.4, -0.2) is 15.4 Å². The lowest BCUT2D eigenvalue weighted by molar-refractivity contribution is 0.294. The molecule has 0 unspecified atom stereocenters. The van der Waals surface area contributed by atoms with Crippen LogP contribution in [0.2, 0.25) is 10.0 Å². The maximum absolute atomic E-state index is 6.15. The first-order valence-electron chi connectivity index (χ1n) is 6.78. The van der Waals surface area contributed by atoms with E-state index in [0.717, 1.165) is 36.2 Å². The van der Waals surface area contributed by atoms with E-state index < -0.39 is 0 Å². The summed E-state index contributed by atoms with van der Waals surface area (Å²) in [6.07, 6.45) is 1.83. The normalized spacial score (nSPS) is 12.3. The van der Waals surface area contributed by atoms with Crippen molar-refractivity contribution in [1.82, 2.24) is 9.55 Å². The van der Waals surface area contributed by atoms with Crippen LogP contribution in [0.3, 0.4) is 0 Å². The van der Waals surface area contributed by atoms with E-state index in [0.29, 0.717) is 15.9 Å². The molecule has 0 fully saturated rings. The summed E-state index contributed by atoms with van der Waals surface area (Å²) in [5.41, 5.74) is 2.10. The van der Waals surface area contributed by atoms with Gasteiger partial charge in [-0.05, 0) is 24.0 Å². The van der Waals surface area contributed by atoms with Gasteiger partial charge in [-0.1, -0.05) is 44.0 Å². The highest BCUT2D eigenvalue weighted by Gasteiger charge is 2.20. The molecule has 1 heterocycles. The Kier molecular flexibility index (Phi) is 4.88. The second-order valence-corrected chi connectivity index (χ2v) is 7.02. The molecule has 0 radical (unpaired) electrons. The number of imidazole rings is 1. The summed E-state index contributed by atoms with van der Waals surface area (Å²) in [6, 6.07) is 3.72. The Morgan fingerprint density at radius 1 is 1.20 bits per heavy atom. The summed E-state index contributed by atoms with van der Waals surface area (Å²) in [7, 11) is 0. The Balaban J connectivity index is 2.58. The van der Waals surface area contributed by atoms with Gasteiger partial charge < -0.3 is 4.57 Å². The van der Waals surface area contributed by atoms with Crippen LogP contribution in [0, 0.1) is 5.41 Å². The zero-order valence-electron chi connectivity index (χ0n) is 12.0.